The van der Waals surface area contributed by atoms with Gasteiger partial charge in [0.05, 0.1) is 42.6 Å². The second kappa shape index (κ2) is 16.9. The monoisotopic (exact) mass is 465 g/mol. The van der Waals surface area contributed by atoms with Crippen molar-refractivity contribution in [1.29, 1.82) is 0 Å². The number of aliphatic hydroxyl groups is 1. The molecular weight excluding hydrogens is 418 g/mol. The lowest BCUT2D eigenvalue weighted by Gasteiger charge is -2.32. The maximum atomic E-state index is 12.0. The molecule has 0 rings (SSSR count). The summed E-state index contributed by atoms with van der Waals surface area (Å²) in [5.74, 6) is -0.867. The molecule has 0 aliphatic heterocycles. The van der Waals surface area contributed by atoms with Crippen molar-refractivity contribution in [2.45, 2.75) is 110 Å². The average molecular weight is 466 g/mol. The highest BCUT2D eigenvalue weighted by molar-refractivity contribution is 7.85. The first-order chi connectivity index (χ1) is 14.4. The molecular formula is C23H47NO6S. The fourth-order valence-electron chi connectivity index (χ4n) is 3.84. The number of unbranched alkanes of at least 4 members (excludes halogenated alkanes) is 9. The third-order valence-corrected chi connectivity index (χ3v) is 6.34. The third-order valence-electron chi connectivity index (χ3n) is 5.54. The normalized spacial score (nSPS) is 14.4. The van der Waals surface area contributed by atoms with Crippen molar-refractivity contribution in [3.63, 3.8) is 0 Å². The topological polar surface area (TPSA) is 104 Å². The number of esters is 1. The molecule has 0 aromatic carbocycles. The molecule has 0 spiro atoms. The Labute approximate surface area is 190 Å². The van der Waals surface area contributed by atoms with Gasteiger partial charge < -0.3 is 18.9 Å². The van der Waals surface area contributed by atoms with E-state index in [1.807, 2.05) is 21.0 Å². The van der Waals surface area contributed by atoms with E-state index in [0.29, 0.717) is 10.9 Å². The van der Waals surface area contributed by atoms with Crippen LogP contribution in [0.3, 0.4) is 0 Å². The molecule has 0 saturated carbocycles. The first-order valence-electron chi connectivity index (χ1n) is 12.1. The summed E-state index contributed by atoms with van der Waals surface area (Å²) in [6, 6.07) is 0. The molecule has 0 aliphatic carbocycles. The molecule has 0 amide bonds. The van der Waals surface area contributed by atoms with Crippen LogP contribution >= 0.6 is 0 Å². The number of carbonyl (C=O) groups excluding carboxylic acids is 1. The Balaban J connectivity index is 3.77. The highest BCUT2D eigenvalue weighted by Crippen LogP contribution is 2.13. The number of ether oxygens (including phenoxy) is 1. The van der Waals surface area contributed by atoms with Crippen molar-refractivity contribution < 1.29 is 32.1 Å². The van der Waals surface area contributed by atoms with Crippen molar-refractivity contribution in [1.82, 2.24) is 0 Å². The quantitative estimate of drug-likeness (QED) is 0.126. The van der Waals surface area contributed by atoms with E-state index in [-0.39, 0.29) is 18.6 Å². The standard InChI is InChI=1S/C23H47NO6S/c1-5-6-7-8-9-10-11-12-13-17-23(26)30-21(2)16-14-15-18-24(3,4)19-22(25)20-31(27,28)29/h21-22,25H,5-20H2,1-4H3. The molecule has 2 atom stereocenters. The minimum Gasteiger partial charge on any atom is -0.748 e. The van der Waals surface area contributed by atoms with Gasteiger partial charge in [-0.1, -0.05) is 58.3 Å². The Bertz CT molecular complexity index is 564. The van der Waals surface area contributed by atoms with Crippen LogP contribution in [0.2, 0.25) is 0 Å². The predicted octanol–water partition coefficient (Wildman–Crippen LogP) is 3.99. The Morgan fingerprint density at radius 2 is 1.52 bits per heavy atom. The zero-order valence-corrected chi connectivity index (χ0v) is 21.1. The summed E-state index contributed by atoms with van der Waals surface area (Å²) in [6.45, 7) is 5.10. The lowest BCUT2D eigenvalue weighted by Crippen LogP contribution is -2.47. The molecule has 2 unspecified atom stereocenters. The SMILES string of the molecule is CCCCCCCCCCCC(=O)OC(C)CCCC[N+](C)(C)CC(O)CS(=O)(=O)[O-]. The van der Waals surface area contributed by atoms with Gasteiger partial charge in [0.25, 0.3) is 0 Å². The lowest BCUT2D eigenvalue weighted by molar-refractivity contribution is -0.893. The van der Waals surface area contributed by atoms with Crippen molar-refractivity contribution in [3.05, 3.63) is 0 Å². The molecule has 186 valence electrons. The zero-order chi connectivity index (χ0) is 23.8. The average Bonchev–Trinajstić information content (AvgIpc) is 2.61. The second-order valence-electron chi connectivity index (χ2n) is 9.59. The number of nitrogens with zero attached hydrogens (tertiary/aromatic N) is 1. The molecule has 0 aromatic heterocycles. The van der Waals surface area contributed by atoms with Gasteiger partial charge >= 0.3 is 5.97 Å². The first kappa shape index (κ1) is 30.3. The highest BCUT2D eigenvalue weighted by atomic mass is 32.2. The summed E-state index contributed by atoms with van der Waals surface area (Å²) < 4.78 is 38.2. The molecule has 7 nitrogen and oxygen atoms in total. The number of likely N-dealkylation sites (N-methyl/N-ethyl adjacent to an activating group) is 1. The first-order valence-corrected chi connectivity index (χ1v) is 13.7. The molecule has 0 saturated heterocycles. The zero-order valence-electron chi connectivity index (χ0n) is 20.3. The summed E-state index contributed by atoms with van der Waals surface area (Å²) >= 11 is 0. The van der Waals surface area contributed by atoms with Gasteiger partial charge in [0.2, 0.25) is 0 Å². The van der Waals surface area contributed by atoms with E-state index < -0.39 is 22.0 Å². The van der Waals surface area contributed by atoms with Gasteiger partial charge in [-0.2, -0.15) is 0 Å². The fraction of sp³-hybridized carbons (Fsp3) is 0.957. The van der Waals surface area contributed by atoms with E-state index in [4.69, 9.17) is 4.74 Å². The van der Waals surface area contributed by atoms with Crippen LogP contribution in [0.25, 0.3) is 0 Å². The molecule has 31 heavy (non-hydrogen) atoms. The van der Waals surface area contributed by atoms with Gasteiger partial charge in [-0.05, 0) is 32.6 Å². The molecule has 8 heteroatoms. The second-order valence-corrected chi connectivity index (χ2v) is 11.0. The summed E-state index contributed by atoms with van der Waals surface area (Å²) in [4.78, 5) is 12.0. The van der Waals surface area contributed by atoms with Crippen LogP contribution in [0, 0.1) is 0 Å². The number of hydrogen-bond donors (Lipinski definition) is 1. The van der Waals surface area contributed by atoms with Crippen LogP contribution in [0.15, 0.2) is 0 Å². The van der Waals surface area contributed by atoms with Gasteiger partial charge in [-0.15, -0.1) is 0 Å². The number of hydrogen-bond acceptors (Lipinski definition) is 6. The van der Waals surface area contributed by atoms with E-state index >= 15 is 0 Å². The van der Waals surface area contributed by atoms with Gasteiger partial charge in [-0.25, -0.2) is 8.42 Å². The van der Waals surface area contributed by atoms with Gasteiger partial charge in [0.15, 0.2) is 0 Å². The molecule has 1 N–H and O–H groups in total. The summed E-state index contributed by atoms with van der Waals surface area (Å²) in [6.07, 6.45) is 12.8. The summed E-state index contributed by atoms with van der Waals surface area (Å²) in [5, 5.41) is 9.77. The van der Waals surface area contributed by atoms with Crippen LogP contribution in [-0.2, 0) is 19.6 Å². The lowest BCUT2D eigenvalue weighted by atomic mass is 10.1. The molecule has 0 aliphatic rings. The van der Waals surface area contributed by atoms with Crippen LogP contribution in [0.4, 0.5) is 0 Å². The number of aliphatic hydroxyl groups excluding tert-OH is 1. The Kier molecular flexibility index (Phi) is 16.5. The van der Waals surface area contributed by atoms with Gasteiger partial charge in [0, 0.05) is 6.42 Å². The maximum Gasteiger partial charge on any atom is 0.306 e. The molecule has 0 heterocycles. The van der Waals surface area contributed by atoms with Crippen LogP contribution in [-0.4, -0.2) is 73.7 Å². The number of carbonyl (C=O) groups is 1. The summed E-state index contributed by atoms with van der Waals surface area (Å²) in [5.41, 5.74) is 0. The molecule has 0 bridgehead atoms. The predicted molar refractivity (Wildman–Crippen MR) is 124 cm³/mol. The van der Waals surface area contributed by atoms with Crippen LogP contribution < -0.4 is 0 Å². The maximum absolute atomic E-state index is 12.0. The number of quaternary nitrogens is 1. The minimum absolute atomic E-state index is 0.113. The van der Waals surface area contributed by atoms with Gasteiger partial charge in [0.1, 0.15) is 12.6 Å². The Hall–Kier alpha value is -0.700. The smallest absolute Gasteiger partial charge is 0.306 e. The largest absolute Gasteiger partial charge is 0.748 e. The van der Waals surface area contributed by atoms with E-state index in [0.717, 1.165) is 38.6 Å². The van der Waals surface area contributed by atoms with E-state index in [9.17, 15) is 22.9 Å². The van der Waals surface area contributed by atoms with Crippen molar-refractivity contribution in [3.8, 4) is 0 Å². The summed E-state index contributed by atoms with van der Waals surface area (Å²) in [7, 11) is -0.622. The van der Waals surface area contributed by atoms with E-state index in [1.165, 1.54) is 44.9 Å². The third kappa shape index (κ3) is 20.9. The molecule has 0 aromatic rings. The van der Waals surface area contributed by atoms with Crippen LogP contribution in [0.1, 0.15) is 97.3 Å². The van der Waals surface area contributed by atoms with Crippen molar-refractivity contribution in [2.24, 2.45) is 0 Å². The fourth-order valence-corrected chi connectivity index (χ4v) is 4.42. The highest BCUT2D eigenvalue weighted by Gasteiger charge is 2.22. The Morgan fingerprint density at radius 3 is 2.06 bits per heavy atom. The van der Waals surface area contributed by atoms with Crippen molar-refractivity contribution in [2.75, 3.05) is 32.9 Å². The molecule has 0 fully saturated rings. The van der Waals surface area contributed by atoms with Crippen LogP contribution in [0.5, 0.6) is 0 Å². The number of rotatable bonds is 20. The Morgan fingerprint density at radius 1 is 0.968 bits per heavy atom. The van der Waals surface area contributed by atoms with Crippen molar-refractivity contribution >= 4 is 16.1 Å². The minimum atomic E-state index is -4.42. The van der Waals surface area contributed by atoms with Gasteiger partial charge in [-0.3, -0.25) is 4.79 Å². The van der Waals surface area contributed by atoms with E-state index in [2.05, 4.69) is 6.92 Å². The molecule has 0 radical (unpaired) electrons. The van der Waals surface area contributed by atoms with E-state index in [1.54, 1.807) is 0 Å².